The van der Waals surface area contributed by atoms with E-state index in [1.165, 1.54) is 0 Å². The van der Waals surface area contributed by atoms with Gasteiger partial charge in [-0.05, 0) is 78.7 Å². The normalized spacial score (nSPS) is 15.6. The van der Waals surface area contributed by atoms with Crippen molar-refractivity contribution in [1.82, 2.24) is 0 Å². The molecule has 0 fully saturated rings. The Morgan fingerprint density at radius 3 is 1.62 bits per heavy atom. The minimum Gasteiger partial charge on any atom is -0.456 e. The Balaban J connectivity index is 1.51. The Bertz CT molecular complexity index is 3150. The standard InChI is InChI=1S/C44H28O/c1-3-14-29(15-4-1)33-26-27-40-44(38-24-11-12-25-39(38)45-40)43(33)32-19-13-18-31(28-32)42-36-22-9-7-20-34(36)41(30-16-5-2-6-17-30)35-21-8-10-23-37(35)42/h1-28H/i2D,5D,6D,7D,8D,9D,10D,16D,17D,20D,21D,22D,23D. The average Bonchev–Trinajstić information content (AvgIpc) is 3.63. The molecule has 1 aromatic heterocycles. The van der Waals surface area contributed by atoms with Crippen molar-refractivity contribution in [1.29, 1.82) is 0 Å². The Kier molecular flexibility index (Phi) is 3.62. The van der Waals surface area contributed by atoms with Crippen LogP contribution in [0.1, 0.15) is 17.8 Å². The number of hydrogen-bond acceptors (Lipinski definition) is 1. The Labute approximate surface area is 279 Å². The molecular formula is C44H28O. The third-order valence-electron chi connectivity index (χ3n) is 8.19. The summed E-state index contributed by atoms with van der Waals surface area (Å²) in [5, 5.41) is 0.892. The monoisotopic (exact) mass is 585 g/mol. The lowest BCUT2D eigenvalue weighted by Gasteiger charge is -2.19. The summed E-state index contributed by atoms with van der Waals surface area (Å²) in [4.78, 5) is 0. The van der Waals surface area contributed by atoms with Crippen LogP contribution in [-0.2, 0) is 0 Å². The quantitative estimate of drug-likeness (QED) is 0.187. The van der Waals surface area contributed by atoms with Crippen molar-refractivity contribution in [2.45, 2.75) is 0 Å². The van der Waals surface area contributed by atoms with Gasteiger partial charge in [-0.25, -0.2) is 0 Å². The van der Waals surface area contributed by atoms with Crippen molar-refractivity contribution in [2.24, 2.45) is 0 Å². The molecule has 0 saturated carbocycles. The minimum absolute atomic E-state index is 0.0625. The van der Waals surface area contributed by atoms with E-state index in [0.29, 0.717) is 22.3 Å². The van der Waals surface area contributed by atoms with E-state index in [1.807, 2.05) is 78.9 Å². The predicted octanol–water partition coefficient (Wildman–Crippen LogP) is 12.6. The Morgan fingerprint density at radius 2 is 0.933 bits per heavy atom. The fourth-order valence-electron chi connectivity index (χ4n) is 6.34. The van der Waals surface area contributed by atoms with Crippen LogP contribution >= 0.6 is 0 Å². The van der Waals surface area contributed by atoms with E-state index >= 15 is 0 Å². The minimum atomic E-state index is -0.717. The summed E-state index contributed by atoms with van der Waals surface area (Å²) in [6.45, 7) is 0. The number of hydrogen-bond donors (Lipinski definition) is 0. The van der Waals surface area contributed by atoms with Crippen molar-refractivity contribution in [3.63, 3.8) is 0 Å². The van der Waals surface area contributed by atoms with E-state index in [0.717, 1.165) is 27.5 Å². The largest absolute Gasteiger partial charge is 0.456 e. The van der Waals surface area contributed by atoms with E-state index in [4.69, 9.17) is 16.8 Å². The van der Waals surface area contributed by atoms with E-state index in [2.05, 4.69) is 0 Å². The van der Waals surface area contributed by atoms with Crippen LogP contribution in [0.3, 0.4) is 0 Å². The van der Waals surface area contributed by atoms with Gasteiger partial charge in [0, 0.05) is 16.3 Å². The molecule has 0 radical (unpaired) electrons. The van der Waals surface area contributed by atoms with Crippen molar-refractivity contribution >= 4 is 43.5 Å². The lowest BCUT2D eigenvalue weighted by atomic mass is 9.84. The van der Waals surface area contributed by atoms with Crippen molar-refractivity contribution in [3.8, 4) is 44.5 Å². The highest BCUT2D eigenvalue weighted by Crippen LogP contribution is 2.46. The fraction of sp³-hybridized carbons (Fsp3) is 0. The summed E-state index contributed by atoms with van der Waals surface area (Å²) >= 11 is 0. The molecule has 0 saturated heterocycles. The second-order valence-electron chi connectivity index (χ2n) is 10.7. The lowest BCUT2D eigenvalue weighted by molar-refractivity contribution is 0.669. The zero-order valence-corrected chi connectivity index (χ0v) is 23.6. The molecule has 0 bridgehead atoms. The van der Waals surface area contributed by atoms with Gasteiger partial charge >= 0.3 is 0 Å². The number of benzene rings is 8. The van der Waals surface area contributed by atoms with Gasteiger partial charge in [0.15, 0.2) is 0 Å². The average molecular weight is 586 g/mol. The Hall–Kier alpha value is -5.92. The van der Waals surface area contributed by atoms with Crippen molar-refractivity contribution < 1.29 is 22.2 Å². The first-order valence-electron chi connectivity index (χ1n) is 20.9. The van der Waals surface area contributed by atoms with Gasteiger partial charge in [0.25, 0.3) is 0 Å². The van der Waals surface area contributed by atoms with Gasteiger partial charge in [-0.3, -0.25) is 0 Å². The molecule has 0 unspecified atom stereocenters. The van der Waals surface area contributed by atoms with Crippen molar-refractivity contribution in [3.05, 3.63) is 170 Å². The maximum Gasteiger partial charge on any atom is 0.136 e. The van der Waals surface area contributed by atoms with Gasteiger partial charge in [-0.2, -0.15) is 0 Å². The summed E-state index contributed by atoms with van der Waals surface area (Å²) in [6, 6.07) is 20.1. The summed E-state index contributed by atoms with van der Waals surface area (Å²) in [7, 11) is 0. The first-order chi connectivity index (χ1) is 27.7. The smallest absolute Gasteiger partial charge is 0.136 e. The summed E-state index contributed by atoms with van der Waals surface area (Å²) in [6.07, 6.45) is 0. The van der Waals surface area contributed by atoms with Gasteiger partial charge in [0.2, 0.25) is 0 Å². The molecule has 0 aliphatic heterocycles. The van der Waals surface area contributed by atoms with E-state index < -0.39 is 84.1 Å². The molecule has 9 rings (SSSR count). The highest BCUT2D eigenvalue weighted by Gasteiger charge is 2.20. The van der Waals surface area contributed by atoms with Gasteiger partial charge < -0.3 is 4.42 Å². The maximum atomic E-state index is 9.34. The molecule has 210 valence electrons. The van der Waals surface area contributed by atoms with Crippen LogP contribution in [0.5, 0.6) is 0 Å². The Morgan fingerprint density at radius 1 is 0.378 bits per heavy atom. The molecule has 0 aliphatic rings. The molecule has 8 aromatic carbocycles. The molecule has 0 N–H and O–H groups in total. The topological polar surface area (TPSA) is 13.1 Å². The van der Waals surface area contributed by atoms with E-state index in [1.54, 1.807) is 12.1 Å². The molecular weight excluding hydrogens is 544 g/mol. The number of fused-ring (bicyclic) bond motifs is 5. The summed E-state index contributed by atoms with van der Waals surface area (Å²) < 4.78 is 122. The second kappa shape index (κ2) is 10.4. The molecule has 1 heterocycles. The van der Waals surface area contributed by atoms with Crippen LogP contribution < -0.4 is 0 Å². The predicted molar refractivity (Wildman–Crippen MR) is 190 cm³/mol. The fourth-order valence-corrected chi connectivity index (χ4v) is 6.34. The van der Waals surface area contributed by atoms with Crippen molar-refractivity contribution in [2.75, 3.05) is 0 Å². The van der Waals surface area contributed by atoms with Crippen LogP contribution in [0.4, 0.5) is 0 Å². The molecule has 0 atom stereocenters. The van der Waals surface area contributed by atoms with Crippen LogP contribution in [0, 0.1) is 0 Å². The highest BCUT2D eigenvalue weighted by molar-refractivity contribution is 6.22. The molecule has 0 amide bonds. The molecule has 1 nitrogen and oxygen atoms in total. The zero-order valence-electron chi connectivity index (χ0n) is 36.6. The number of rotatable bonds is 4. The molecule has 0 spiro atoms. The lowest BCUT2D eigenvalue weighted by Crippen LogP contribution is -1.92. The highest BCUT2D eigenvalue weighted by atomic mass is 16.3. The van der Waals surface area contributed by atoms with Gasteiger partial charge in [-0.15, -0.1) is 0 Å². The van der Waals surface area contributed by atoms with E-state index in [9.17, 15) is 5.48 Å². The van der Waals surface area contributed by atoms with Crippen LogP contribution in [0.25, 0.3) is 88.0 Å². The molecule has 1 heteroatoms. The zero-order chi connectivity index (χ0) is 41.1. The number of para-hydroxylation sites is 1. The first kappa shape index (κ1) is 15.7. The summed E-state index contributed by atoms with van der Waals surface area (Å²) in [5.74, 6) is 0. The summed E-state index contributed by atoms with van der Waals surface area (Å²) in [5.41, 5.74) is 4.19. The van der Waals surface area contributed by atoms with Gasteiger partial charge in [0.1, 0.15) is 11.2 Å². The van der Waals surface area contributed by atoms with Gasteiger partial charge in [0.05, 0.1) is 17.8 Å². The molecule has 0 aliphatic carbocycles. The van der Waals surface area contributed by atoms with Crippen LogP contribution in [-0.4, -0.2) is 0 Å². The maximum absolute atomic E-state index is 9.34. The third-order valence-corrected chi connectivity index (χ3v) is 8.19. The van der Waals surface area contributed by atoms with Crippen LogP contribution in [0.2, 0.25) is 0 Å². The molecule has 45 heavy (non-hydrogen) atoms. The van der Waals surface area contributed by atoms with E-state index in [-0.39, 0.29) is 32.7 Å². The molecule has 9 aromatic rings. The SMILES string of the molecule is [2H]c1c([2H])c([2H])c(-c2c3c([2H])c([2H])c([2H])c([2H])c3c(-c3cccc(-c4c(-c5ccccc5)ccc5oc6ccccc6c45)c3)c3c([2H])c([2H])c([2H])c([2H])c23)c([2H])c1[2H]. The first-order valence-corrected chi connectivity index (χ1v) is 14.4. The second-order valence-corrected chi connectivity index (χ2v) is 10.7. The van der Waals surface area contributed by atoms with Crippen LogP contribution in [0.15, 0.2) is 174 Å². The van der Waals surface area contributed by atoms with Gasteiger partial charge in [-0.1, -0.05) is 151 Å². The third kappa shape index (κ3) is 4.09. The number of furan rings is 1.